The molecular weight excluding hydrogens is 457 g/mol. The highest BCUT2D eigenvalue weighted by atomic mass is 19.1. The molecule has 4 rings (SSSR count). The minimum atomic E-state index is -0.954. The third kappa shape index (κ3) is 5.08. The first-order chi connectivity index (χ1) is 16.8. The van der Waals surface area contributed by atoms with Gasteiger partial charge in [0.05, 0.1) is 29.8 Å². The molecule has 2 fully saturated rings. The van der Waals surface area contributed by atoms with Crippen molar-refractivity contribution in [1.29, 1.82) is 0 Å². The summed E-state index contributed by atoms with van der Waals surface area (Å²) in [5.74, 6) is -2.69. The Morgan fingerprint density at radius 3 is 2.46 bits per heavy atom. The van der Waals surface area contributed by atoms with Gasteiger partial charge in [0.25, 0.3) is 17.4 Å². The molecule has 2 aromatic carbocycles. The molecule has 0 bridgehead atoms. The molecule has 2 heterocycles. The molecule has 184 valence electrons. The van der Waals surface area contributed by atoms with E-state index in [9.17, 15) is 29.2 Å². The van der Waals surface area contributed by atoms with Crippen LogP contribution in [0.3, 0.4) is 0 Å². The average Bonchev–Trinajstić information content (AvgIpc) is 3.11. The van der Waals surface area contributed by atoms with Gasteiger partial charge in [0.1, 0.15) is 11.6 Å². The molecule has 0 aliphatic carbocycles. The van der Waals surface area contributed by atoms with E-state index in [-0.39, 0.29) is 23.4 Å². The molecule has 0 aromatic heterocycles. The normalized spacial score (nSPS) is 20.4. The second kappa shape index (κ2) is 10.3. The number of morpholine rings is 1. The molecule has 10 heteroatoms. The number of amides is 1. The lowest BCUT2D eigenvalue weighted by Gasteiger charge is -2.29. The van der Waals surface area contributed by atoms with Gasteiger partial charge in [-0.1, -0.05) is 12.1 Å². The van der Waals surface area contributed by atoms with E-state index in [1.54, 1.807) is 6.92 Å². The van der Waals surface area contributed by atoms with Crippen LogP contribution in [0.15, 0.2) is 48.0 Å². The number of ether oxygens (including phenoxy) is 1. The van der Waals surface area contributed by atoms with Crippen molar-refractivity contribution in [2.24, 2.45) is 0 Å². The molecule has 2 aromatic rings. The maximum Gasteiger partial charge on any atom is 0.295 e. The lowest BCUT2D eigenvalue weighted by atomic mass is 9.94. The Bertz CT molecular complexity index is 1170. The molecule has 2 aliphatic rings. The molecule has 1 amide bonds. The summed E-state index contributed by atoms with van der Waals surface area (Å²) in [4.78, 5) is 40.2. The second-order valence-corrected chi connectivity index (χ2v) is 8.61. The van der Waals surface area contributed by atoms with Gasteiger partial charge in [0.2, 0.25) is 0 Å². The summed E-state index contributed by atoms with van der Waals surface area (Å²) in [6.07, 6.45) is 0.579. The van der Waals surface area contributed by atoms with E-state index in [0.717, 1.165) is 19.2 Å². The molecule has 1 atom stereocenters. The summed E-state index contributed by atoms with van der Waals surface area (Å²) >= 11 is 0. The lowest BCUT2D eigenvalue weighted by molar-refractivity contribution is -0.384. The minimum Gasteiger partial charge on any atom is -0.507 e. The minimum absolute atomic E-state index is 0.0753. The van der Waals surface area contributed by atoms with Crippen LogP contribution in [0.1, 0.15) is 29.2 Å². The Labute approximate surface area is 201 Å². The Hall–Kier alpha value is -3.63. The van der Waals surface area contributed by atoms with E-state index < -0.39 is 34.2 Å². The predicted molar refractivity (Wildman–Crippen MR) is 125 cm³/mol. The maximum atomic E-state index is 14.2. The van der Waals surface area contributed by atoms with E-state index in [4.69, 9.17) is 4.74 Å². The lowest BCUT2D eigenvalue weighted by Crippen LogP contribution is -2.38. The van der Waals surface area contributed by atoms with Crippen LogP contribution in [-0.4, -0.2) is 70.9 Å². The number of carbonyl (C=O) groups is 2. The molecule has 0 spiro atoms. The number of non-ortho nitro benzene ring substituents is 1. The number of aliphatic hydroxyl groups excluding tert-OH is 1. The Kier molecular flexibility index (Phi) is 7.23. The van der Waals surface area contributed by atoms with Crippen molar-refractivity contribution >= 4 is 23.1 Å². The number of carbonyl (C=O) groups excluding carboxylic acids is 2. The quantitative estimate of drug-likeness (QED) is 0.212. The molecule has 0 saturated carbocycles. The highest BCUT2D eigenvalue weighted by Crippen LogP contribution is 2.40. The second-order valence-electron chi connectivity index (χ2n) is 8.61. The van der Waals surface area contributed by atoms with Crippen LogP contribution in [0.5, 0.6) is 0 Å². The van der Waals surface area contributed by atoms with E-state index in [1.807, 2.05) is 0 Å². The van der Waals surface area contributed by atoms with Crippen molar-refractivity contribution < 1.29 is 28.7 Å². The van der Waals surface area contributed by atoms with Crippen LogP contribution < -0.4 is 0 Å². The number of Topliss-reactive ketones (excluding diaryl/α,β-unsaturated/α-hetero) is 1. The van der Waals surface area contributed by atoms with Gasteiger partial charge in [0.15, 0.2) is 0 Å². The molecule has 9 nitrogen and oxygen atoms in total. The first-order valence-corrected chi connectivity index (χ1v) is 11.4. The topological polar surface area (TPSA) is 113 Å². The van der Waals surface area contributed by atoms with E-state index in [0.29, 0.717) is 37.3 Å². The monoisotopic (exact) mass is 483 g/mol. The molecule has 2 aliphatic heterocycles. The van der Waals surface area contributed by atoms with Gasteiger partial charge in [-0.2, -0.15) is 0 Å². The van der Waals surface area contributed by atoms with Crippen LogP contribution in [0.4, 0.5) is 10.1 Å². The first kappa shape index (κ1) is 24.5. The zero-order chi connectivity index (χ0) is 25.1. The highest BCUT2D eigenvalue weighted by Gasteiger charge is 2.46. The number of nitrogens with zero attached hydrogens (tertiary/aromatic N) is 3. The van der Waals surface area contributed by atoms with Gasteiger partial charge in [-0.15, -0.1) is 0 Å². The van der Waals surface area contributed by atoms with Crippen LogP contribution in [-0.2, 0) is 14.3 Å². The molecular formula is C25H26FN3O6. The number of benzene rings is 2. The maximum absolute atomic E-state index is 14.2. The number of aryl methyl sites for hydroxylation is 1. The summed E-state index contributed by atoms with van der Waals surface area (Å²) in [5, 5.41) is 22.1. The van der Waals surface area contributed by atoms with Gasteiger partial charge >= 0.3 is 0 Å². The van der Waals surface area contributed by atoms with Crippen molar-refractivity contribution in [3.63, 3.8) is 0 Å². The number of hydrogen-bond acceptors (Lipinski definition) is 7. The largest absolute Gasteiger partial charge is 0.507 e. The number of ketones is 1. The summed E-state index contributed by atoms with van der Waals surface area (Å²) in [6.45, 7) is 5.35. The summed E-state index contributed by atoms with van der Waals surface area (Å²) in [7, 11) is 0. The predicted octanol–water partition coefficient (Wildman–Crippen LogP) is 3.19. The van der Waals surface area contributed by atoms with Crippen molar-refractivity contribution in [3.05, 3.63) is 80.7 Å². The fraction of sp³-hybridized carbons (Fsp3) is 0.360. The van der Waals surface area contributed by atoms with Gasteiger partial charge in [-0.05, 0) is 42.7 Å². The fourth-order valence-corrected chi connectivity index (χ4v) is 4.42. The first-order valence-electron chi connectivity index (χ1n) is 11.4. The summed E-state index contributed by atoms with van der Waals surface area (Å²) in [6, 6.07) is 8.62. The standard InChI is InChI=1S/C25H26FN3O6/c1-16-3-4-18(15-20(16)26)23(30)21-22(17-5-7-19(8-6-17)29(33)34)28(25(32)24(21)31)10-2-9-27-11-13-35-14-12-27/h3-8,15,22,30H,2,9-14H2,1H3. The van der Waals surface area contributed by atoms with Crippen LogP contribution in [0, 0.1) is 22.9 Å². The Balaban J connectivity index is 1.70. The van der Waals surface area contributed by atoms with Crippen LogP contribution >= 0.6 is 0 Å². The smallest absolute Gasteiger partial charge is 0.295 e. The number of halogens is 1. The number of nitro groups is 1. The zero-order valence-corrected chi connectivity index (χ0v) is 19.3. The zero-order valence-electron chi connectivity index (χ0n) is 19.3. The molecule has 2 saturated heterocycles. The van der Waals surface area contributed by atoms with E-state index in [2.05, 4.69) is 4.90 Å². The third-order valence-electron chi connectivity index (χ3n) is 6.38. The van der Waals surface area contributed by atoms with Crippen molar-refractivity contribution in [3.8, 4) is 0 Å². The van der Waals surface area contributed by atoms with Crippen LogP contribution in [0.25, 0.3) is 5.76 Å². The number of rotatable bonds is 7. The number of aliphatic hydroxyl groups is 1. The molecule has 1 unspecified atom stereocenters. The van der Waals surface area contributed by atoms with E-state index in [1.165, 1.54) is 41.3 Å². The molecule has 35 heavy (non-hydrogen) atoms. The fourth-order valence-electron chi connectivity index (χ4n) is 4.42. The SMILES string of the molecule is Cc1ccc(C(O)=C2C(=O)C(=O)N(CCCN3CCOCC3)C2c2ccc([N+](=O)[O-])cc2)cc1F. The summed E-state index contributed by atoms with van der Waals surface area (Å²) < 4.78 is 19.5. The highest BCUT2D eigenvalue weighted by molar-refractivity contribution is 6.46. The van der Waals surface area contributed by atoms with Gasteiger partial charge in [-0.3, -0.25) is 24.6 Å². The third-order valence-corrected chi connectivity index (χ3v) is 6.38. The average molecular weight is 483 g/mol. The molecule has 0 radical (unpaired) electrons. The Morgan fingerprint density at radius 2 is 1.83 bits per heavy atom. The van der Waals surface area contributed by atoms with Crippen LogP contribution in [0.2, 0.25) is 0 Å². The molecule has 1 N–H and O–H groups in total. The number of hydrogen-bond donors (Lipinski definition) is 1. The Morgan fingerprint density at radius 1 is 1.14 bits per heavy atom. The van der Waals surface area contributed by atoms with E-state index >= 15 is 0 Å². The van der Waals surface area contributed by atoms with Gasteiger partial charge in [0, 0.05) is 43.9 Å². The van der Waals surface area contributed by atoms with Crippen molar-refractivity contribution in [1.82, 2.24) is 9.80 Å². The number of likely N-dealkylation sites (tertiary alicyclic amines) is 1. The summed E-state index contributed by atoms with van der Waals surface area (Å²) in [5.41, 5.74) is 0.579. The number of nitro benzene ring substituents is 1. The van der Waals surface area contributed by atoms with Crippen molar-refractivity contribution in [2.45, 2.75) is 19.4 Å². The van der Waals surface area contributed by atoms with Crippen molar-refractivity contribution in [2.75, 3.05) is 39.4 Å². The van der Waals surface area contributed by atoms with Gasteiger partial charge in [-0.25, -0.2) is 4.39 Å². The van der Waals surface area contributed by atoms with Gasteiger partial charge < -0.3 is 14.7 Å².